The summed E-state index contributed by atoms with van der Waals surface area (Å²) in [5, 5.41) is 22.1. The molecule has 0 aromatic heterocycles. The zero-order valence-corrected chi connectivity index (χ0v) is 19.9. The summed E-state index contributed by atoms with van der Waals surface area (Å²) in [7, 11) is 3.83. The molecule has 3 rings (SSSR count). The molecule has 0 aliphatic carbocycles. The third kappa shape index (κ3) is 4.94. The highest BCUT2D eigenvalue weighted by Crippen LogP contribution is 2.39. The molecular formula is C25H30N4O5. The van der Waals surface area contributed by atoms with Crippen LogP contribution in [0.4, 0.5) is 11.4 Å². The van der Waals surface area contributed by atoms with Gasteiger partial charge in [-0.25, -0.2) is 0 Å². The van der Waals surface area contributed by atoms with Crippen molar-refractivity contribution in [1.82, 2.24) is 9.80 Å². The van der Waals surface area contributed by atoms with E-state index in [2.05, 4.69) is 4.90 Å². The van der Waals surface area contributed by atoms with Gasteiger partial charge in [0.25, 0.3) is 17.4 Å². The van der Waals surface area contributed by atoms with Gasteiger partial charge < -0.3 is 19.8 Å². The first kappa shape index (κ1) is 24.9. The number of carbonyl (C=O) groups excluding carboxylic acids is 2. The van der Waals surface area contributed by atoms with Gasteiger partial charge in [0.1, 0.15) is 5.76 Å². The van der Waals surface area contributed by atoms with Crippen molar-refractivity contribution in [3.8, 4) is 0 Å². The Morgan fingerprint density at radius 2 is 1.62 bits per heavy atom. The van der Waals surface area contributed by atoms with E-state index >= 15 is 0 Å². The molecule has 34 heavy (non-hydrogen) atoms. The predicted molar refractivity (Wildman–Crippen MR) is 131 cm³/mol. The second kappa shape index (κ2) is 10.5. The van der Waals surface area contributed by atoms with E-state index in [0.717, 1.165) is 18.8 Å². The van der Waals surface area contributed by atoms with Gasteiger partial charge in [-0.15, -0.1) is 0 Å². The molecule has 1 fully saturated rings. The number of nitro benzene ring substituents is 1. The number of likely N-dealkylation sites (tertiary alicyclic amines) is 1. The molecule has 1 saturated heterocycles. The van der Waals surface area contributed by atoms with Gasteiger partial charge in [0.15, 0.2) is 0 Å². The molecule has 1 aliphatic heterocycles. The number of Topliss-reactive ketones (excluding diaryl/α,β-unsaturated/α-hetero) is 1. The van der Waals surface area contributed by atoms with E-state index in [0.29, 0.717) is 18.7 Å². The normalized spacial score (nSPS) is 17.4. The second-order valence-electron chi connectivity index (χ2n) is 8.31. The molecule has 0 spiro atoms. The minimum atomic E-state index is -0.767. The Bertz CT molecular complexity index is 1090. The number of aliphatic hydroxyl groups is 1. The van der Waals surface area contributed by atoms with Crippen molar-refractivity contribution < 1.29 is 19.6 Å². The van der Waals surface area contributed by atoms with Crippen molar-refractivity contribution in [2.75, 3.05) is 45.2 Å². The van der Waals surface area contributed by atoms with Crippen LogP contribution in [-0.2, 0) is 9.59 Å². The number of benzene rings is 2. The molecule has 0 radical (unpaired) electrons. The van der Waals surface area contributed by atoms with E-state index in [9.17, 15) is 24.8 Å². The Labute approximate surface area is 199 Å². The van der Waals surface area contributed by atoms with Crippen LogP contribution in [0.1, 0.15) is 31.0 Å². The predicted octanol–water partition coefficient (Wildman–Crippen LogP) is 3.42. The average molecular weight is 467 g/mol. The SMILES string of the molecule is CCN(CC)CCN1C(=O)C(=O)/C(=C(/O)c2ccc([N+](=O)[O-])cc2)[C@H]1c1ccc(N(C)C)cc1. The Morgan fingerprint density at radius 3 is 2.12 bits per heavy atom. The molecule has 0 unspecified atom stereocenters. The Kier molecular flexibility index (Phi) is 7.68. The van der Waals surface area contributed by atoms with Crippen LogP contribution >= 0.6 is 0 Å². The third-order valence-corrected chi connectivity index (χ3v) is 6.17. The number of rotatable bonds is 9. The topological polar surface area (TPSA) is 107 Å². The standard InChI is InChI=1S/C25H30N4O5/c1-5-27(6-2)15-16-28-22(17-7-11-19(12-8-17)26(3)4)21(24(31)25(28)32)23(30)18-9-13-20(14-10-18)29(33)34/h7-14,22,30H,5-6,15-16H2,1-4H3/b23-21+/t22-/m1/s1. The van der Waals surface area contributed by atoms with Crippen molar-refractivity contribution in [3.05, 3.63) is 75.3 Å². The lowest BCUT2D eigenvalue weighted by atomic mass is 9.95. The van der Waals surface area contributed by atoms with E-state index in [-0.39, 0.29) is 22.6 Å². The van der Waals surface area contributed by atoms with Crippen LogP contribution < -0.4 is 4.90 Å². The fraction of sp³-hybridized carbons (Fsp3) is 0.360. The van der Waals surface area contributed by atoms with Gasteiger partial charge >= 0.3 is 0 Å². The molecule has 2 aromatic rings. The maximum Gasteiger partial charge on any atom is 0.295 e. The van der Waals surface area contributed by atoms with Crippen LogP contribution in [0.25, 0.3) is 5.76 Å². The fourth-order valence-electron chi connectivity index (χ4n) is 4.10. The summed E-state index contributed by atoms with van der Waals surface area (Å²) in [4.78, 5) is 42.2. The van der Waals surface area contributed by atoms with Gasteiger partial charge in [0.2, 0.25) is 0 Å². The molecule has 2 aromatic carbocycles. The minimum absolute atomic E-state index is 0.0176. The largest absolute Gasteiger partial charge is 0.507 e. The molecule has 1 heterocycles. The highest BCUT2D eigenvalue weighted by atomic mass is 16.6. The molecule has 1 aliphatic rings. The van der Waals surface area contributed by atoms with E-state index in [1.54, 1.807) is 0 Å². The lowest BCUT2D eigenvalue weighted by Crippen LogP contribution is -2.38. The molecular weight excluding hydrogens is 436 g/mol. The number of hydrogen-bond donors (Lipinski definition) is 1. The Morgan fingerprint density at radius 1 is 1.03 bits per heavy atom. The molecule has 9 heteroatoms. The Balaban J connectivity index is 2.09. The van der Waals surface area contributed by atoms with Crippen LogP contribution in [0, 0.1) is 10.1 Å². The summed E-state index contributed by atoms with van der Waals surface area (Å²) in [6, 6.07) is 12.0. The van der Waals surface area contributed by atoms with Crippen molar-refractivity contribution in [3.63, 3.8) is 0 Å². The quantitative estimate of drug-likeness (QED) is 0.198. The summed E-state index contributed by atoms with van der Waals surface area (Å²) in [6.45, 7) is 6.59. The van der Waals surface area contributed by atoms with E-state index in [1.165, 1.54) is 29.2 Å². The number of nitrogens with zero attached hydrogens (tertiary/aromatic N) is 4. The van der Waals surface area contributed by atoms with Gasteiger partial charge in [-0.05, 0) is 42.9 Å². The van der Waals surface area contributed by atoms with Crippen LogP contribution in [-0.4, -0.2) is 71.8 Å². The van der Waals surface area contributed by atoms with Crippen LogP contribution in [0.15, 0.2) is 54.1 Å². The number of aliphatic hydroxyl groups excluding tert-OH is 1. The number of non-ortho nitro benzene ring substituents is 1. The molecule has 0 bridgehead atoms. The van der Waals surface area contributed by atoms with Gasteiger partial charge in [0, 0.05) is 50.6 Å². The lowest BCUT2D eigenvalue weighted by molar-refractivity contribution is -0.384. The van der Waals surface area contributed by atoms with Crippen molar-refractivity contribution in [2.24, 2.45) is 0 Å². The van der Waals surface area contributed by atoms with Crippen LogP contribution in [0.5, 0.6) is 0 Å². The van der Waals surface area contributed by atoms with Crippen molar-refractivity contribution >= 4 is 28.8 Å². The van der Waals surface area contributed by atoms with E-state index in [1.807, 2.05) is 57.1 Å². The minimum Gasteiger partial charge on any atom is -0.507 e. The van der Waals surface area contributed by atoms with E-state index < -0.39 is 22.7 Å². The second-order valence-corrected chi connectivity index (χ2v) is 8.31. The van der Waals surface area contributed by atoms with Crippen LogP contribution in [0.3, 0.4) is 0 Å². The summed E-state index contributed by atoms with van der Waals surface area (Å²) in [6.07, 6.45) is 0. The summed E-state index contributed by atoms with van der Waals surface area (Å²) in [5.41, 5.74) is 1.75. The maximum absolute atomic E-state index is 13.1. The maximum atomic E-state index is 13.1. The first-order chi connectivity index (χ1) is 16.2. The molecule has 1 amide bonds. The Hall–Kier alpha value is -3.72. The molecule has 9 nitrogen and oxygen atoms in total. The molecule has 1 atom stereocenters. The molecule has 0 saturated carbocycles. The fourth-order valence-corrected chi connectivity index (χ4v) is 4.10. The van der Waals surface area contributed by atoms with Gasteiger partial charge in [-0.2, -0.15) is 0 Å². The number of anilines is 1. The number of ketones is 1. The highest BCUT2D eigenvalue weighted by molar-refractivity contribution is 6.46. The van der Waals surface area contributed by atoms with Crippen molar-refractivity contribution in [2.45, 2.75) is 19.9 Å². The third-order valence-electron chi connectivity index (χ3n) is 6.17. The highest BCUT2D eigenvalue weighted by Gasteiger charge is 2.46. The number of hydrogen-bond acceptors (Lipinski definition) is 7. The molecule has 180 valence electrons. The monoisotopic (exact) mass is 466 g/mol. The number of nitro groups is 1. The van der Waals surface area contributed by atoms with Gasteiger partial charge in [-0.3, -0.25) is 19.7 Å². The first-order valence-electron chi connectivity index (χ1n) is 11.2. The first-order valence-corrected chi connectivity index (χ1v) is 11.2. The van der Waals surface area contributed by atoms with E-state index in [4.69, 9.17) is 0 Å². The zero-order chi connectivity index (χ0) is 25.0. The summed E-state index contributed by atoms with van der Waals surface area (Å²) in [5.74, 6) is -1.78. The zero-order valence-electron chi connectivity index (χ0n) is 19.9. The number of likely N-dealkylation sites (N-methyl/N-ethyl adjacent to an activating group) is 1. The van der Waals surface area contributed by atoms with Crippen LogP contribution in [0.2, 0.25) is 0 Å². The number of carbonyl (C=O) groups is 2. The lowest BCUT2D eigenvalue weighted by Gasteiger charge is -2.28. The smallest absolute Gasteiger partial charge is 0.295 e. The average Bonchev–Trinajstić information content (AvgIpc) is 3.09. The molecule has 1 N–H and O–H groups in total. The summed E-state index contributed by atoms with van der Waals surface area (Å²) >= 11 is 0. The van der Waals surface area contributed by atoms with Crippen molar-refractivity contribution in [1.29, 1.82) is 0 Å². The summed E-state index contributed by atoms with van der Waals surface area (Å²) < 4.78 is 0. The van der Waals surface area contributed by atoms with Gasteiger partial charge in [-0.1, -0.05) is 26.0 Å². The van der Waals surface area contributed by atoms with Gasteiger partial charge in [0.05, 0.1) is 16.5 Å². The number of amides is 1.